The van der Waals surface area contributed by atoms with Crippen LogP contribution in [0.5, 0.6) is 0 Å². The monoisotopic (exact) mass is 394 g/mol. The molecule has 0 N–H and O–H groups in total. The van der Waals surface area contributed by atoms with E-state index in [4.69, 9.17) is 4.98 Å². The van der Waals surface area contributed by atoms with Crippen LogP contribution in [0.3, 0.4) is 0 Å². The standard InChI is InChI=1S/C29H18N2/c1-2-9-19(10-3-1)31-27-15-7-6-13-22(27)25-17-24-21-12-5-4-11-20(21)23-14-8-16-30-29(23)26(24)18-28(25)31/h1-18H. The van der Waals surface area contributed by atoms with Crippen molar-refractivity contribution < 1.29 is 0 Å². The molecule has 0 aliphatic rings. The Labute approximate surface area is 179 Å². The van der Waals surface area contributed by atoms with Crippen LogP contribution in [-0.2, 0) is 0 Å². The molecule has 7 rings (SSSR count). The lowest BCUT2D eigenvalue weighted by atomic mass is 9.95. The molecule has 5 aromatic carbocycles. The highest BCUT2D eigenvalue weighted by atomic mass is 15.0. The molecule has 0 unspecified atom stereocenters. The van der Waals surface area contributed by atoms with E-state index in [0.29, 0.717) is 0 Å². The average molecular weight is 394 g/mol. The van der Waals surface area contributed by atoms with Crippen LogP contribution in [-0.4, -0.2) is 9.55 Å². The van der Waals surface area contributed by atoms with Crippen molar-refractivity contribution in [3.8, 4) is 5.69 Å². The smallest absolute Gasteiger partial charge is 0.0787 e. The van der Waals surface area contributed by atoms with Gasteiger partial charge >= 0.3 is 0 Å². The quantitative estimate of drug-likeness (QED) is 0.262. The number of benzene rings is 5. The molecule has 0 saturated heterocycles. The van der Waals surface area contributed by atoms with Gasteiger partial charge in [-0.1, -0.05) is 66.7 Å². The Morgan fingerprint density at radius 3 is 1.97 bits per heavy atom. The van der Waals surface area contributed by atoms with Crippen molar-refractivity contribution in [3.05, 3.63) is 109 Å². The molecule has 0 aliphatic heterocycles. The molecule has 2 aromatic heterocycles. The Morgan fingerprint density at radius 1 is 0.452 bits per heavy atom. The zero-order valence-electron chi connectivity index (χ0n) is 16.8. The first kappa shape index (κ1) is 16.6. The summed E-state index contributed by atoms with van der Waals surface area (Å²) in [6.45, 7) is 0. The molecular formula is C29H18N2. The minimum Gasteiger partial charge on any atom is -0.309 e. The van der Waals surface area contributed by atoms with Crippen molar-refractivity contribution in [2.45, 2.75) is 0 Å². The van der Waals surface area contributed by atoms with Gasteiger partial charge in [0.15, 0.2) is 0 Å². The van der Waals surface area contributed by atoms with Crippen molar-refractivity contribution in [1.29, 1.82) is 0 Å². The third kappa shape index (κ3) is 2.25. The van der Waals surface area contributed by atoms with Crippen LogP contribution in [0, 0.1) is 0 Å². The maximum absolute atomic E-state index is 4.81. The molecule has 0 spiro atoms. The van der Waals surface area contributed by atoms with E-state index in [1.165, 1.54) is 54.4 Å². The largest absolute Gasteiger partial charge is 0.309 e. The lowest BCUT2D eigenvalue weighted by Crippen LogP contribution is -1.93. The number of nitrogens with zero attached hydrogens (tertiary/aromatic N) is 2. The van der Waals surface area contributed by atoms with E-state index in [9.17, 15) is 0 Å². The molecule has 7 aromatic rings. The predicted octanol–water partition coefficient (Wildman–Crippen LogP) is 7.64. The van der Waals surface area contributed by atoms with Crippen molar-refractivity contribution in [2.75, 3.05) is 0 Å². The van der Waals surface area contributed by atoms with Crippen LogP contribution in [0.15, 0.2) is 109 Å². The number of rotatable bonds is 1. The van der Waals surface area contributed by atoms with Gasteiger partial charge in [0.05, 0.1) is 16.6 Å². The lowest BCUT2D eigenvalue weighted by molar-refractivity contribution is 1.18. The van der Waals surface area contributed by atoms with Crippen molar-refractivity contribution in [3.63, 3.8) is 0 Å². The van der Waals surface area contributed by atoms with E-state index >= 15 is 0 Å². The van der Waals surface area contributed by atoms with Crippen molar-refractivity contribution in [2.24, 2.45) is 0 Å². The Bertz CT molecular complexity index is 1780. The summed E-state index contributed by atoms with van der Waals surface area (Å²) in [7, 11) is 0. The van der Waals surface area contributed by atoms with Crippen LogP contribution in [0.4, 0.5) is 0 Å². The van der Waals surface area contributed by atoms with Crippen LogP contribution < -0.4 is 0 Å². The molecule has 2 nitrogen and oxygen atoms in total. The first-order valence-electron chi connectivity index (χ1n) is 10.6. The number of para-hydroxylation sites is 2. The molecule has 2 heteroatoms. The van der Waals surface area contributed by atoms with Gasteiger partial charge in [-0.05, 0) is 52.6 Å². The summed E-state index contributed by atoms with van der Waals surface area (Å²) < 4.78 is 2.37. The minimum absolute atomic E-state index is 1.06. The van der Waals surface area contributed by atoms with Crippen LogP contribution >= 0.6 is 0 Å². The fourth-order valence-electron chi connectivity index (χ4n) is 5.08. The second-order valence-corrected chi connectivity index (χ2v) is 8.05. The predicted molar refractivity (Wildman–Crippen MR) is 131 cm³/mol. The van der Waals surface area contributed by atoms with Gasteiger partial charge in [-0.3, -0.25) is 4.98 Å². The van der Waals surface area contributed by atoms with Gasteiger partial charge in [-0.25, -0.2) is 0 Å². The Morgan fingerprint density at radius 2 is 1.13 bits per heavy atom. The molecule has 2 heterocycles. The van der Waals surface area contributed by atoms with Gasteiger partial charge in [0.2, 0.25) is 0 Å². The van der Waals surface area contributed by atoms with Crippen LogP contribution in [0.25, 0.3) is 59.9 Å². The Balaban J connectivity index is 1.78. The van der Waals surface area contributed by atoms with Gasteiger partial charge in [-0.15, -0.1) is 0 Å². The highest BCUT2D eigenvalue weighted by molar-refractivity contribution is 6.27. The minimum atomic E-state index is 1.06. The first-order chi connectivity index (χ1) is 15.4. The van der Waals surface area contributed by atoms with E-state index in [-0.39, 0.29) is 0 Å². The molecule has 0 bridgehead atoms. The summed E-state index contributed by atoms with van der Waals surface area (Å²) in [5.41, 5.74) is 4.66. The topological polar surface area (TPSA) is 17.8 Å². The van der Waals surface area contributed by atoms with Gasteiger partial charge < -0.3 is 4.57 Å². The average Bonchev–Trinajstić information content (AvgIpc) is 3.17. The molecule has 0 saturated carbocycles. The summed E-state index contributed by atoms with van der Waals surface area (Å²) in [6.07, 6.45) is 1.90. The highest BCUT2D eigenvalue weighted by Crippen LogP contribution is 2.39. The second kappa shape index (κ2) is 6.16. The summed E-state index contributed by atoms with van der Waals surface area (Å²) in [4.78, 5) is 4.81. The zero-order chi connectivity index (χ0) is 20.4. The molecule has 144 valence electrons. The van der Waals surface area contributed by atoms with E-state index in [2.05, 4.69) is 102 Å². The van der Waals surface area contributed by atoms with E-state index in [1.54, 1.807) is 0 Å². The molecule has 31 heavy (non-hydrogen) atoms. The van der Waals surface area contributed by atoms with Crippen molar-refractivity contribution >= 4 is 54.3 Å². The summed E-state index contributed by atoms with van der Waals surface area (Å²) in [6, 6.07) is 36.9. The third-order valence-electron chi connectivity index (χ3n) is 6.40. The molecule has 0 radical (unpaired) electrons. The van der Waals surface area contributed by atoms with Gasteiger partial charge in [0, 0.05) is 33.4 Å². The van der Waals surface area contributed by atoms with Crippen LogP contribution in [0.2, 0.25) is 0 Å². The maximum Gasteiger partial charge on any atom is 0.0787 e. The third-order valence-corrected chi connectivity index (χ3v) is 6.40. The first-order valence-corrected chi connectivity index (χ1v) is 10.6. The van der Waals surface area contributed by atoms with Crippen molar-refractivity contribution in [1.82, 2.24) is 9.55 Å². The fourth-order valence-corrected chi connectivity index (χ4v) is 5.08. The molecule has 0 fully saturated rings. The molecule has 0 aliphatic carbocycles. The number of hydrogen-bond acceptors (Lipinski definition) is 1. The van der Waals surface area contributed by atoms with Gasteiger partial charge in [0.25, 0.3) is 0 Å². The van der Waals surface area contributed by atoms with Crippen LogP contribution in [0.1, 0.15) is 0 Å². The summed E-state index contributed by atoms with van der Waals surface area (Å²) in [5.74, 6) is 0. The molecular weight excluding hydrogens is 376 g/mol. The number of fused-ring (bicyclic) bond motifs is 9. The summed E-state index contributed by atoms with van der Waals surface area (Å²) in [5, 5.41) is 8.72. The van der Waals surface area contributed by atoms with E-state index < -0.39 is 0 Å². The maximum atomic E-state index is 4.81. The van der Waals surface area contributed by atoms with Gasteiger partial charge in [-0.2, -0.15) is 0 Å². The van der Waals surface area contributed by atoms with Gasteiger partial charge in [0.1, 0.15) is 0 Å². The lowest BCUT2D eigenvalue weighted by Gasteiger charge is -2.11. The number of pyridine rings is 1. The van der Waals surface area contributed by atoms with E-state index in [1.807, 2.05) is 12.3 Å². The Hall–Kier alpha value is -4.17. The number of aromatic nitrogens is 2. The molecule has 0 atom stereocenters. The normalized spacial score (nSPS) is 11.9. The zero-order valence-corrected chi connectivity index (χ0v) is 16.8. The number of hydrogen-bond donors (Lipinski definition) is 0. The highest BCUT2D eigenvalue weighted by Gasteiger charge is 2.16. The second-order valence-electron chi connectivity index (χ2n) is 8.05. The fraction of sp³-hybridized carbons (Fsp3) is 0. The Kier molecular flexibility index (Phi) is 3.30. The SMILES string of the molecule is c1ccc(-n2c3ccccc3c3cc4c5ccccc5c5cccnc5c4cc32)cc1. The van der Waals surface area contributed by atoms with E-state index in [0.717, 1.165) is 5.52 Å². The molecule has 0 amide bonds. The summed E-state index contributed by atoms with van der Waals surface area (Å²) >= 11 is 0.